The Labute approximate surface area is 82.1 Å². The summed E-state index contributed by atoms with van der Waals surface area (Å²) in [5.41, 5.74) is 1.08. The Bertz CT molecular complexity index is 394. The van der Waals surface area contributed by atoms with Gasteiger partial charge in [-0.25, -0.2) is 9.78 Å². The molecule has 0 atom stereocenters. The van der Waals surface area contributed by atoms with E-state index in [0.29, 0.717) is 5.56 Å². The Balaban J connectivity index is 3.18. The molecule has 1 aromatic rings. The molecule has 1 heterocycles. The van der Waals surface area contributed by atoms with Crippen LogP contribution in [0, 0.1) is 18.3 Å². The van der Waals surface area contributed by atoms with Crippen LogP contribution >= 0.6 is 0 Å². The first kappa shape index (κ1) is 10.2. The zero-order valence-corrected chi connectivity index (χ0v) is 8.07. The lowest BCUT2D eigenvalue weighted by atomic mass is 10.1. The number of rotatable bonds is 2. The van der Waals surface area contributed by atoms with Crippen molar-refractivity contribution in [3.63, 3.8) is 0 Å². The molecular weight excluding hydrogens is 180 g/mol. The van der Waals surface area contributed by atoms with E-state index >= 15 is 0 Å². The first-order chi connectivity index (χ1) is 6.70. The minimum Gasteiger partial charge on any atom is -0.462 e. The lowest BCUT2D eigenvalue weighted by Crippen LogP contribution is -2.10. The molecule has 0 aromatic carbocycles. The number of hydrogen-bond acceptors (Lipinski definition) is 4. The van der Waals surface area contributed by atoms with E-state index in [1.165, 1.54) is 6.20 Å². The molecule has 0 N–H and O–H groups in total. The van der Waals surface area contributed by atoms with Gasteiger partial charge in [0, 0.05) is 6.20 Å². The van der Waals surface area contributed by atoms with Gasteiger partial charge in [0.25, 0.3) is 0 Å². The number of ether oxygens (including phenoxy) is 1. The third kappa shape index (κ3) is 1.88. The molecule has 0 spiro atoms. The topological polar surface area (TPSA) is 63.0 Å². The van der Waals surface area contributed by atoms with Gasteiger partial charge in [-0.3, -0.25) is 0 Å². The van der Waals surface area contributed by atoms with Gasteiger partial charge in [0.2, 0.25) is 0 Å². The summed E-state index contributed by atoms with van der Waals surface area (Å²) in [6, 6.07) is 3.54. The number of esters is 1. The van der Waals surface area contributed by atoms with Crippen LogP contribution in [0.15, 0.2) is 12.3 Å². The molecular formula is C10H10N2O2. The van der Waals surface area contributed by atoms with Crippen molar-refractivity contribution in [2.24, 2.45) is 0 Å². The zero-order valence-electron chi connectivity index (χ0n) is 8.07. The predicted octanol–water partition coefficient (Wildman–Crippen LogP) is 1.44. The highest BCUT2D eigenvalue weighted by molar-refractivity contribution is 5.93. The van der Waals surface area contributed by atoms with Gasteiger partial charge in [0.1, 0.15) is 6.07 Å². The lowest BCUT2D eigenvalue weighted by Gasteiger charge is -2.05. The van der Waals surface area contributed by atoms with Crippen molar-refractivity contribution in [1.29, 1.82) is 5.26 Å². The van der Waals surface area contributed by atoms with Gasteiger partial charge < -0.3 is 4.74 Å². The molecule has 14 heavy (non-hydrogen) atoms. The molecule has 0 amide bonds. The van der Waals surface area contributed by atoms with Gasteiger partial charge in [-0.15, -0.1) is 0 Å². The second kappa shape index (κ2) is 4.38. The first-order valence-electron chi connectivity index (χ1n) is 4.23. The highest BCUT2D eigenvalue weighted by atomic mass is 16.5. The molecule has 0 saturated carbocycles. The summed E-state index contributed by atoms with van der Waals surface area (Å²) in [7, 11) is 0. The number of nitriles is 1. The maximum Gasteiger partial charge on any atom is 0.341 e. The third-order valence-electron chi connectivity index (χ3n) is 1.74. The van der Waals surface area contributed by atoms with Crippen molar-refractivity contribution in [3.8, 4) is 6.07 Å². The number of pyridine rings is 1. The predicted molar refractivity (Wildman–Crippen MR) is 49.6 cm³/mol. The average Bonchev–Trinajstić information content (AvgIpc) is 2.17. The molecule has 72 valence electrons. The van der Waals surface area contributed by atoms with E-state index in [0.717, 1.165) is 0 Å². The summed E-state index contributed by atoms with van der Waals surface area (Å²) in [6.45, 7) is 3.75. The Kier molecular flexibility index (Phi) is 3.19. The first-order valence-corrected chi connectivity index (χ1v) is 4.23. The van der Waals surface area contributed by atoms with Crippen molar-refractivity contribution in [2.75, 3.05) is 6.61 Å². The fourth-order valence-electron chi connectivity index (χ4n) is 1.10. The Morgan fingerprint density at radius 1 is 1.71 bits per heavy atom. The highest BCUT2D eigenvalue weighted by Gasteiger charge is 2.15. The van der Waals surface area contributed by atoms with Crippen molar-refractivity contribution < 1.29 is 9.53 Å². The molecule has 1 rings (SSSR count). The minimum atomic E-state index is -0.491. The summed E-state index contributed by atoms with van der Waals surface area (Å²) in [4.78, 5) is 15.2. The second-order valence-electron chi connectivity index (χ2n) is 2.68. The number of hydrogen-bond donors (Lipinski definition) is 0. The van der Waals surface area contributed by atoms with Gasteiger partial charge in [-0.2, -0.15) is 5.26 Å². The number of aromatic nitrogens is 1. The summed E-state index contributed by atoms with van der Waals surface area (Å²) >= 11 is 0. The fourth-order valence-corrected chi connectivity index (χ4v) is 1.10. The van der Waals surface area contributed by atoms with Crippen LogP contribution in [-0.2, 0) is 4.74 Å². The van der Waals surface area contributed by atoms with Crippen LogP contribution in [0.5, 0.6) is 0 Å². The van der Waals surface area contributed by atoms with Gasteiger partial charge in [-0.1, -0.05) is 0 Å². The molecule has 0 saturated heterocycles. The van der Waals surface area contributed by atoms with Crippen molar-refractivity contribution in [2.45, 2.75) is 13.8 Å². The molecule has 4 heteroatoms. The Morgan fingerprint density at radius 3 is 3.00 bits per heavy atom. The maximum absolute atomic E-state index is 11.4. The van der Waals surface area contributed by atoms with E-state index in [-0.39, 0.29) is 17.9 Å². The fraction of sp³-hybridized carbons (Fsp3) is 0.300. The molecule has 0 aliphatic rings. The third-order valence-corrected chi connectivity index (χ3v) is 1.74. The van der Waals surface area contributed by atoms with Crippen LogP contribution < -0.4 is 0 Å². The number of carbonyl (C=O) groups excluding carboxylic acids is 1. The lowest BCUT2D eigenvalue weighted by molar-refractivity contribution is 0.0524. The van der Waals surface area contributed by atoms with Gasteiger partial charge in [0.15, 0.2) is 5.69 Å². The summed E-state index contributed by atoms with van der Waals surface area (Å²) < 4.78 is 4.82. The highest BCUT2D eigenvalue weighted by Crippen LogP contribution is 2.11. The van der Waals surface area contributed by atoms with Crippen LogP contribution in [0.25, 0.3) is 0 Å². The molecule has 0 radical (unpaired) electrons. The maximum atomic E-state index is 11.4. The molecule has 0 bridgehead atoms. The second-order valence-corrected chi connectivity index (χ2v) is 2.68. The smallest absolute Gasteiger partial charge is 0.341 e. The van der Waals surface area contributed by atoms with Crippen LogP contribution in [-0.4, -0.2) is 17.6 Å². The van der Waals surface area contributed by atoms with Crippen molar-refractivity contribution >= 4 is 5.97 Å². The van der Waals surface area contributed by atoms with Crippen LogP contribution in [0.1, 0.15) is 28.5 Å². The van der Waals surface area contributed by atoms with E-state index in [9.17, 15) is 4.79 Å². The quantitative estimate of drug-likeness (QED) is 0.662. The van der Waals surface area contributed by atoms with Crippen LogP contribution in [0.2, 0.25) is 0 Å². The summed E-state index contributed by atoms with van der Waals surface area (Å²) in [5.74, 6) is -0.491. The van der Waals surface area contributed by atoms with Gasteiger partial charge >= 0.3 is 5.97 Å². The normalized spacial score (nSPS) is 9.21. The SMILES string of the molecule is CCOC(=O)c1c(C)ccnc1C#N. The van der Waals surface area contributed by atoms with E-state index in [1.807, 2.05) is 6.07 Å². The molecule has 1 aromatic heterocycles. The molecule has 0 fully saturated rings. The van der Waals surface area contributed by atoms with E-state index in [1.54, 1.807) is 19.9 Å². The van der Waals surface area contributed by atoms with Crippen LogP contribution in [0.3, 0.4) is 0 Å². The molecule has 0 unspecified atom stereocenters. The van der Waals surface area contributed by atoms with E-state index in [2.05, 4.69) is 4.98 Å². The average molecular weight is 190 g/mol. The number of nitrogens with zero attached hydrogens (tertiary/aromatic N) is 2. The molecule has 0 aliphatic heterocycles. The number of aryl methyl sites for hydroxylation is 1. The summed E-state index contributed by atoms with van der Waals surface area (Å²) in [6.07, 6.45) is 1.50. The molecule has 0 aliphatic carbocycles. The standard InChI is InChI=1S/C10H10N2O2/c1-3-14-10(13)9-7(2)4-5-12-8(9)6-11/h4-5H,3H2,1-2H3. The van der Waals surface area contributed by atoms with Crippen molar-refractivity contribution in [1.82, 2.24) is 4.98 Å². The summed E-state index contributed by atoms with van der Waals surface area (Å²) in [5, 5.41) is 8.74. The monoisotopic (exact) mass is 190 g/mol. The van der Waals surface area contributed by atoms with Crippen molar-refractivity contribution in [3.05, 3.63) is 29.1 Å². The van der Waals surface area contributed by atoms with E-state index < -0.39 is 5.97 Å². The zero-order chi connectivity index (χ0) is 10.6. The Hall–Kier alpha value is -1.89. The largest absolute Gasteiger partial charge is 0.462 e. The number of carbonyl (C=O) groups is 1. The van der Waals surface area contributed by atoms with Gasteiger partial charge in [0.05, 0.1) is 12.2 Å². The molecule has 4 nitrogen and oxygen atoms in total. The minimum absolute atomic E-state index is 0.114. The van der Waals surface area contributed by atoms with Crippen LogP contribution in [0.4, 0.5) is 0 Å². The van der Waals surface area contributed by atoms with E-state index in [4.69, 9.17) is 10.00 Å². The van der Waals surface area contributed by atoms with Gasteiger partial charge in [-0.05, 0) is 25.5 Å². The Morgan fingerprint density at radius 2 is 2.43 bits per heavy atom.